The Morgan fingerprint density at radius 3 is 2.62 bits per heavy atom. The molecule has 0 atom stereocenters. The van der Waals surface area contributed by atoms with Crippen LogP contribution in [-0.4, -0.2) is 29.7 Å². The summed E-state index contributed by atoms with van der Waals surface area (Å²) in [6.07, 6.45) is -1.98. The fourth-order valence-corrected chi connectivity index (χ4v) is 2.26. The van der Waals surface area contributed by atoms with Gasteiger partial charge in [-0.2, -0.15) is 18.2 Å². The molecule has 3 aromatic rings. The number of aromatic amines is 1. The van der Waals surface area contributed by atoms with Gasteiger partial charge in [-0.1, -0.05) is 6.07 Å². The lowest BCUT2D eigenvalue weighted by Crippen LogP contribution is -2.05. The molecule has 3 aromatic heterocycles. The summed E-state index contributed by atoms with van der Waals surface area (Å²) in [6, 6.07) is 3.37. The molecular formula is C13H11BrF3N7. The second-order valence-corrected chi connectivity index (χ2v) is 5.66. The Kier molecular flexibility index (Phi) is 4.26. The molecule has 7 nitrogen and oxygen atoms in total. The summed E-state index contributed by atoms with van der Waals surface area (Å²) in [6.45, 7) is 0.423. The molecule has 0 radical (unpaired) electrons. The predicted octanol–water partition coefficient (Wildman–Crippen LogP) is 2.99. The van der Waals surface area contributed by atoms with Gasteiger partial charge in [0.25, 0.3) is 0 Å². The minimum absolute atomic E-state index is 0.153. The minimum atomic E-state index is -4.48. The number of pyridine rings is 1. The molecule has 11 heteroatoms. The fourth-order valence-electron chi connectivity index (χ4n) is 2.00. The van der Waals surface area contributed by atoms with Crippen LogP contribution in [0.15, 0.2) is 29.3 Å². The molecule has 3 rings (SSSR count). The van der Waals surface area contributed by atoms with Crippen molar-refractivity contribution in [3.8, 4) is 11.5 Å². The van der Waals surface area contributed by atoms with Gasteiger partial charge >= 0.3 is 6.18 Å². The van der Waals surface area contributed by atoms with Gasteiger partial charge in [-0.15, -0.1) is 5.10 Å². The van der Waals surface area contributed by atoms with E-state index in [-0.39, 0.29) is 5.82 Å². The van der Waals surface area contributed by atoms with Crippen LogP contribution in [0.25, 0.3) is 11.5 Å². The van der Waals surface area contributed by atoms with E-state index in [1.54, 1.807) is 18.3 Å². The highest BCUT2D eigenvalue weighted by atomic mass is 79.9. The van der Waals surface area contributed by atoms with E-state index in [0.29, 0.717) is 22.9 Å². The van der Waals surface area contributed by atoms with Gasteiger partial charge in [0.15, 0.2) is 16.3 Å². The average Bonchev–Trinajstić information content (AvgIpc) is 3.11. The summed E-state index contributed by atoms with van der Waals surface area (Å²) in [4.78, 5) is 11.8. The van der Waals surface area contributed by atoms with Gasteiger partial charge in [0.1, 0.15) is 5.69 Å². The third kappa shape index (κ3) is 3.55. The van der Waals surface area contributed by atoms with Crippen molar-refractivity contribution in [1.82, 2.24) is 29.7 Å². The third-order valence-electron chi connectivity index (χ3n) is 3.13. The number of nitrogens with zero attached hydrogens (tertiary/aromatic N) is 5. The van der Waals surface area contributed by atoms with E-state index in [9.17, 15) is 13.2 Å². The van der Waals surface area contributed by atoms with Crippen LogP contribution < -0.4 is 5.32 Å². The van der Waals surface area contributed by atoms with Crippen molar-refractivity contribution < 1.29 is 13.2 Å². The van der Waals surface area contributed by atoms with E-state index < -0.39 is 11.9 Å². The van der Waals surface area contributed by atoms with Crippen molar-refractivity contribution >= 4 is 21.9 Å². The number of halogens is 4. The van der Waals surface area contributed by atoms with Gasteiger partial charge in [-0.25, -0.2) is 4.98 Å². The topological polar surface area (TPSA) is 84.3 Å². The zero-order valence-corrected chi connectivity index (χ0v) is 13.9. The van der Waals surface area contributed by atoms with E-state index in [2.05, 4.69) is 46.4 Å². The van der Waals surface area contributed by atoms with Crippen LogP contribution in [0.2, 0.25) is 0 Å². The van der Waals surface area contributed by atoms with Gasteiger partial charge < -0.3 is 9.88 Å². The maximum absolute atomic E-state index is 12.7. The minimum Gasteiger partial charge on any atom is -0.349 e. The number of nitrogens with one attached hydrogen (secondary N) is 2. The monoisotopic (exact) mass is 401 g/mol. The molecule has 0 fully saturated rings. The number of aromatic nitrogens is 6. The summed E-state index contributed by atoms with van der Waals surface area (Å²) < 4.78 is 39.9. The molecule has 24 heavy (non-hydrogen) atoms. The van der Waals surface area contributed by atoms with Crippen LogP contribution in [0, 0.1) is 0 Å². The molecule has 2 N–H and O–H groups in total. The van der Waals surface area contributed by atoms with Crippen molar-refractivity contribution in [2.24, 2.45) is 7.05 Å². The third-order valence-corrected chi connectivity index (χ3v) is 3.48. The number of alkyl halides is 3. The zero-order chi connectivity index (χ0) is 17.3. The van der Waals surface area contributed by atoms with Crippen LogP contribution in [0.1, 0.15) is 11.3 Å². The van der Waals surface area contributed by atoms with Crippen molar-refractivity contribution in [3.05, 3.63) is 40.5 Å². The van der Waals surface area contributed by atoms with E-state index >= 15 is 0 Å². The van der Waals surface area contributed by atoms with E-state index in [1.807, 2.05) is 0 Å². The average molecular weight is 402 g/mol. The Balaban J connectivity index is 1.73. The molecule has 0 aromatic carbocycles. The molecular weight excluding hydrogens is 391 g/mol. The molecule has 0 amide bonds. The van der Waals surface area contributed by atoms with E-state index in [1.165, 1.54) is 11.6 Å². The van der Waals surface area contributed by atoms with Gasteiger partial charge in [0, 0.05) is 26.0 Å². The predicted molar refractivity (Wildman–Crippen MR) is 82.9 cm³/mol. The van der Waals surface area contributed by atoms with Crippen molar-refractivity contribution in [3.63, 3.8) is 0 Å². The van der Waals surface area contributed by atoms with E-state index in [0.717, 1.165) is 11.8 Å². The smallest absolute Gasteiger partial charge is 0.349 e. The van der Waals surface area contributed by atoms with Crippen molar-refractivity contribution in [2.45, 2.75) is 12.7 Å². The largest absolute Gasteiger partial charge is 0.434 e. The van der Waals surface area contributed by atoms with Gasteiger partial charge in [-0.05, 0) is 27.6 Å². The quantitative estimate of drug-likeness (QED) is 0.701. The normalized spacial score (nSPS) is 11.7. The summed E-state index contributed by atoms with van der Waals surface area (Å²) in [5.74, 6) is 0.574. The van der Waals surface area contributed by atoms with Crippen LogP contribution in [-0.2, 0) is 19.8 Å². The molecule has 0 aliphatic heterocycles. The molecule has 0 saturated carbocycles. The first-order chi connectivity index (χ1) is 11.3. The molecule has 0 aliphatic carbocycles. The standard InChI is InChI=1S/C13H11BrF3N7/c1-24-6-9(13(15,16)17)20-10(24)8-3-2-7(4-18-8)5-19-12-21-11(14)22-23-12/h2-4,6H,5H2,1H3,(H2,19,21,22,23). The number of anilines is 1. The number of aryl methyl sites for hydroxylation is 1. The first-order valence-electron chi connectivity index (χ1n) is 6.70. The highest BCUT2D eigenvalue weighted by Gasteiger charge is 2.34. The fraction of sp³-hybridized carbons (Fsp3) is 0.231. The van der Waals surface area contributed by atoms with Crippen LogP contribution in [0.5, 0.6) is 0 Å². The first kappa shape index (κ1) is 16.4. The second-order valence-electron chi connectivity index (χ2n) is 4.91. The van der Waals surface area contributed by atoms with Gasteiger partial charge in [0.05, 0.1) is 0 Å². The maximum atomic E-state index is 12.7. The summed E-state index contributed by atoms with van der Waals surface area (Å²) in [7, 11) is 1.50. The molecule has 126 valence electrons. The van der Waals surface area contributed by atoms with Gasteiger partial charge in [0.2, 0.25) is 5.95 Å². The Hall–Kier alpha value is -2.43. The molecule has 0 bridgehead atoms. The van der Waals surface area contributed by atoms with Crippen LogP contribution in [0.4, 0.5) is 19.1 Å². The lowest BCUT2D eigenvalue weighted by atomic mass is 10.2. The first-order valence-corrected chi connectivity index (χ1v) is 7.50. The summed E-state index contributed by atoms with van der Waals surface area (Å²) >= 11 is 3.15. The second kappa shape index (κ2) is 6.23. The van der Waals surface area contributed by atoms with Crippen molar-refractivity contribution in [2.75, 3.05) is 5.32 Å². The Morgan fingerprint density at radius 1 is 1.29 bits per heavy atom. The lowest BCUT2D eigenvalue weighted by Gasteiger charge is -2.04. The maximum Gasteiger partial charge on any atom is 0.434 e. The molecule has 0 saturated heterocycles. The van der Waals surface area contributed by atoms with Crippen molar-refractivity contribution in [1.29, 1.82) is 0 Å². The Labute approximate surface area is 142 Å². The highest BCUT2D eigenvalue weighted by Crippen LogP contribution is 2.30. The summed E-state index contributed by atoms with van der Waals surface area (Å²) in [5, 5.41) is 9.51. The Bertz CT molecular complexity index is 838. The Morgan fingerprint density at radius 2 is 2.08 bits per heavy atom. The lowest BCUT2D eigenvalue weighted by molar-refractivity contribution is -0.140. The highest BCUT2D eigenvalue weighted by molar-refractivity contribution is 9.10. The number of hydrogen-bond acceptors (Lipinski definition) is 5. The summed E-state index contributed by atoms with van der Waals surface area (Å²) in [5.41, 5.74) is 0.241. The van der Waals surface area contributed by atoms with Gasteiger partial charge in [-0.3, -0.25) is 10.1 Å². The SMILES string of the molecule is Cn1cc(C(F)(F)F)nc1-c1ccc(CNc2n[nH]c(Br)n2)cn1. The molecule has 0 spiro atoms. The van der Waals surface area contributed by atoms with Crippen LogP contribution >= 0.6 is 15.9 Å². The molecule has 0 unspecified atom stereocenters. The number of hydrogen-bond donors (Lipinski definition) is 2. The zero-order valence-electron chi connectivity index (χ0n) is 12.3. The van der Waals surface area contributed by atoms with E-state index in [4.69, 9.17) is 0 Å². The van der Waals surface area contributed by atoms with Crippen LogP contribution in [0.3, 0.4) is 0 Å². The number of rotatable bonds is 4. The molecule has 0 aliphatic rings. The number of imidazole rings is 1. The number of H-pyrrole nitrogens is 1. The molecule has 3 heterocycles.